The Morgan fingerprint density at radius 2 is 1.95 bits per heavy atom. The number of sulfonamides is 1. The van der Waals surface area contributed by atoms with Crippen LogP contribution in [-0.4, -0.2) is 47.7 Å². The molecule has 0 spiro atoms. The van der Waals surface area contributed by atoms with Gasteiger partial charge in [-0.25, -0.2) is 8.42 Å². The molecule has 6 nitrogen and oxygen atoms in total. The summed E-state index contributed by atoms with van der Waals surface area (Å²) < 4.78 is 29.0. The van der Waals surface area contributed by atoms with Crippen molar-refractivity contribution < 1.29 is 8.42 Å². The fourth-order valence-electron chi connectivity index (χ4n) is 2.65. The van der Waals surface area contributed by atoms with E-state index < -0.39 is 15.6 Å². The van der Waals surface area contributed by atoms with Crippen LogP contribution in [0.4, 0.5) is 0 Å². The highest BCUT2D eigenvalue weighted by Crippen LogP contribution is 2.29. The predicted octanol–water partition coefficient (Wildman–Crippen LogP) is 0.409. The number of hydrogen-bond acceptors (Lipinski definition) is 4. The summed E-state index contributed by atoms with van der Waals surface area (Å²) in [6.45, 7) is 9.25. The van der Waals surface area contributed by atoms with E-state index in [1.807, 2.05) is 13.8 Å². The summed E-state index contributed by atoms with van der Waals surface area (Å²) in [6.07, 6.45) is 0. The minimum absolute atomic E-state index is 0.352. The van der Waals surface area contributed by atoms with Gasteiger partial charge in [0.15, 0.2) is 0 Å². The molecule has 0 bridgehead atoms. The van der Waals surface area contributed by atoms with Crippen LogP contribution in [0.1, 0.15) is 25.2 Å². The second-order valence-electron chi connectivity index (χ2n) is 5.69. The molecule has 0 aliphatic carbocycles. The van der Waals surface area contributed by atoms with Gasteiger partial charge in [0.1, 0.15) is 4.90 Å². The van der Waals surface area contributed by atoms with Crippen LogP contribution in [0.25, 0.3) is 0 Å². The second-order valence-corrected chi connectivity index (χ2v) is 7.49. The molecule has 2 rings (SSSR count). The van der Waals surface area contributed by atoms with Gasteiger partial charge in [0, 0.05) is 32.2 Å². The lowest BCUT2D eigenvalue weighted by molar-refractivity contribution is 0.186. The molecule has 2 heterocycles. The maximum atomic E-state index is 12.9. The Bertz CT molecular complexity index is 589. The van der Waals surface area contributed by atoms with Gasteiger partial charge in [0.05, 0.1) is 11.4 Å². The maximum absolute atomic E-state index is 12.9. The van der Waals surface area contributed by atoms with Crippen LogP contribution in [-0.2, 0) is 17.1 Å². The minimum Gasteiger partial charge on any atom is -0.314 e. The number of nitrogens with one attached hydrogen (secondary N) is 1. The highest BCUT2D eigenvalue weighted by molar-refractivity contribution is 7.89. The van der Waals surface area contributed by atoms with Crippen LogP contribution >= 0.6 is 0 Å². The Labute approximate surface area is 114 Å². The molecular formula is C12H22N4O2S. The maximum Gasteiger partial charge on any atom is 0.247 e. The van der Waals surface area contributed by atoms with Crippen LogP contribution in [0.15, 0.2) is 4.90 Å². The molecule has 1 aromatic heterocycles. The number of piperazine rings is 1. The van der Waals surface area contributed by atoms with Crippen molar-refractivity contribution >= 4 is 10.0 Å². The molecular weight excluding hydrogens is 264 g/mol. The first-order valence-corrected chi connectivity index (χ1v) is 7.86. The zero-order valence-electron chi connectivity index (χ0n) is 12.2. The molecule has 108 valence electrons. The first-order chi connectivity index (χ1) is 8.68. The Morgan fingerprint density at radius 3 is 2.42 bits per heavy atom. The Balaban J connectivity index is 2.53. The molecule has 1 aliphatic rings. The fraction of sp³-hybridized carbons (Fsp3) is 0.750. The molecule has 1 aliphatic heterocycles. The van der Waals surface area contributed by atoms with E-state index >= 15 is 0 Å². The van der Waals surface area contributed by atoms with E-state index in [1.165, 1.54) is 0 Å². The number of rotatable bonds is 2. The Morgan fingerprint density at radius 1 is 1.32 bits per heavy atom. The standard InChI is InChI=1S/C12H22N4O2S/c1-9-11(10(2)15(5)14-9)19(17,18)16-7-6-13-8-12(16,3)4/h13H,6-8H2,1-5H3. The van der Waals surface area contributed by atoms with E-state index in [0.717, 1.165) is 0 Å². The van der Waals surface area contributed by atoms with Crippen LogP contribution in [0, 0.1) is 13.8 Å². The van der Waals surface area contributed by atoms with E-state index in [0.29, 0.717) is 35.9 Å². The van der Waals surface area contributed by atoms with Crippen LogP contribution in [0.2, 0.25) is 0 Å². The normalized spacial score (nSPS) is 20.7. The van der Waals surface area contributed by atoms with Crippen LogP contribution < -0.4 is 5.32 Å². The van der Waals surface area contributed by atoms with Crippen molar-refractivity contribution in [3.63, 3.8) is 0 Å². The molecule has 0 unspecified atom stereocenters. The van der Waals surface area contributed by atoms with Gasteiger partial charge >= 0.3 is 0 Å². The molecule has 7 heteroatoms. The third kappa shape index (κ3) is 2.30. The monoisotopic (exact) mass is 286 g/mol. The van der Waals surface area contributed by atoms with Crippen molar-refractivity contribution in [2.24, 2.45) is 7.05 Å². The van der Waals surface area contributed by atoms with Gasteiger partial charge in [-0.05, 0) is 27.7 Å². The quantitative estimate of drug-likeness (QED) is 0.855. The van der Waals surface area contributed by atoms with Crippen LogP contribution in [0.5, 0.6) is 0 Å². The summed E-state index contributed by atoms with van der Waals surface area (Å²) in [7, 11) is -1.73. The molecule has 0 amide bonds. The van der Waals surface area contributed by atoms with Crippen molar-refractivity contribution in [3.05, 3.63) is 11.4 Å². The van der Waals surface area contributed by atoms with Crippen molar-refractivity contribution in [1.82, 2.24) is 19.4 Å². The molecule has 0 atom stereocenters. The molecule has 1 N–H and O–H groups in total. The number of nitrogens with zero attached hydrogens (tertiary/aromatic N) is 3. The fourth-order valence-corrected chi connectivity index (χ4v) is 4.84. The molecule has 0 saturated carbocycles. The Kier molecular flexibility index (Phi) is 3.49. The van der Waals surface area contributed by atoms with Gasteiger partial charge in [-0.3, -0.25) is 4.68 Å². The zero-order chi connectivity index (χ0) is 14.4. The van der Waals surface area contributed by atoms with Gasteiger partial charge in [-0.15, -0.1) is 0 Å². The first kappa shape index (κ1) is 14.5. The third-order valence-electron chi connectivity index (χ3n) is 3.72. The lowest BCUT2D eigenvalue weighted by Gasteiger charge is -2.41. The highest BCUT2D eigenvalue weighted by Gasteiger charge is 2.41. The lowest BCUT2D eigenvalue weighted by Crippen LogP contribution is -2.59. The van der Waals surface area contributed by atoms with E-state index in [1.54, 1.807) is 29.9 Å². The smallest absolute Gasteiger partial charge is 0.247 e. The minimum atomic E-state index is -3.50. The van der Waals surface area contributed by atoms with E-state index in [-0.39, 0.29) is 0 Å². The molecule has 0 aromatic carbocycles. The summed E-state index contributed by atoms with van der Waals surface area (Å²) in [5.74, 6) is 0. The molecule has 0 radical (unpaired) electrons. The predicted molar refractivity (Wildman–Crippen MR) is 73.5 cm³/mol. The van der Waals surface area contributed by atoms with Gasteiger partial charge in [0.2, 0.25) is 10.0 Å². The van der Waals surface area contributed by atoms with Gasteiger partial charge in [0.25, 0.3) is 0 Å². The summed E-state index contributed by atoms with van der Waals surface area (Å²) in [5.41, 5.74) is 0.826. The first-order valence-electron chi connectivity index (χ1n) is 6.41. The van der Waals surface area contributed by atoms with Crippen molar-refractivity contribution in [1.29, 1.82) is 0 Å². The lowest BCUT2D eigenvalue weighted by atomic mass is 10.0. The van der Waals surface area contributed by atoms with E-state index in [4.69, 9.17) is 0 Å². The van der Waals surface area contributed by atoms with E-state index in [9.17, 15) is 8.42 Å². The average molecular weight is 286 g/mol. The van der Waals surface area contributed by atoms with Crippen molar-refractivity contribution in [3.8, 4) is 0 Å². The second kappa shape index (κ2) is 4.57. The average Bonchev–Trinajstić information content (AvgIpc) is 2.52. The Hall–Kier alpha value is -0.920. The molecule has 1 aromatic rings. The third-order valence-corrected chi connectivity index (χ3v) is 6.08. The summed E-state index contributed by atoms with van der Waals surface area (Å²) in [5, 5.41) is 7.45. The molecule has 1 saturated heterocycles. The van der Waals surface area contributed by atoms with E-state index in [2.05, 4.69) is 10.4 Å². The summed E-state index contributed by atoms with van der Waals surface area (Å²) in [6, 6.07) is 0. The zero-order valence-corrected chi connectivity index (χ0v) is 13.0. The summed E-state index contributed by atoms with van der Waals surface area (Å²) >= 11 is 0. The molecule has 19 heavy (non-hydrogen) atoms. The number of hydrogen-bond donors (Lipinski definition) is 1. The number of aryl methyl sites for hydroxylation is 2. The highest BCUT2D eigenvalue weighted by atomic mass is 32.2. The molecule has 1 fully saturated rings. The topological polar surface area (TPSA) is 67.2 Å². The largest absolute Gasteiger partial charge is 0.314 e. The van der Waals surface area contributed by atoms with Crippen molar-refractivity contribution in [2.45, 2.75) is 38.1 Å². The van der Waals surface area contributed by atoms with Crippen molar-refractivity contribution in [2.75, 3.05) is 19.6 Å². The van der Waals surface area contributed by atoms with Crippen LogP contribution in [0.3, 0.4) is 0 Å². The van der Waals surface area contributed by atoms with Gasteiger partial charge in [-0.2, -0.15) is 9.40 Å². The SMILES string of the molecule is Cc1nn(C)c(C)c1S(=O)(=O)N1CCNCC1(C)C. The van der Waals surface area contributed by atoms with Gasteiger partial charge in [-0.1, -0.05) is 0 Å². The summed E-state index contributed by atoms with van der Waals surface area (Å²) in [4.78, 5) is 0.352. The van der Waals surface area contributed by atoms with Gasteiger partial charge < -0.3 is 5.32 Å². The number of aromatic nitrogens is 2.